The van der Waals surface area contributed by atoms with Crippen molar-refractivity contribution in [2.45, 2.75) is 115 Å². The van der Waals surface area contributed by atoms with Crippen LogP contribution in [0.2, 0.25) is 0 Å². The zero-order valence-corrected chi connectivity index (χ0v) is 25.0. The van der Waals surface area contributed by atoms with Gasteiger partial charge in [0.25, 0.3) is 0 Å². The molecule has 3 aliphatic rings. The van der Waals surface area contributed by atoms with Crippen LogP contribution in [0.25, 0.3) is 0 Å². The van der Waals surface area contributed by atoms with Crippen LogP contribution in [0.5, 0.6) is 0 Å². The molecule has 3 atom stereocenters. The monoisotopic (exact) mass is 544 g/mol. The Hall–Kier alpha value is -1.77. The molecule has 8 heteroatoms. The Bertz CT molecular complexity index is 837. The van der Waals surface area contributed by atoms with Gasteiger partial charge < -0.3 is 19.9 Å². The number of fused-ring (bicyclic) bond motifs is 2. The minimum atomic E-state index is 0. The Balaban J connectivity index is 0.00000441. The maximum Gasteiger partial charge on any atom is 0.245 e. The van der Waals surface area contributed by atoms with Gasteiger partial charge in [0.1, 0.15) is 6.61 Å². The molecule has 1 N–H and O–H groups in total. The van der Waals surface area contributed by atoms with Crippen LogP contribution < -0.4 is 10.2 Å². The number of carbonyl (C=O) groups is 1. The van der Waals surface area contributed by atoms with Gasteiger partial charge in [0, 0.05) is 58.2 Å². The number of carbonyl (C=O) groups excluding carboxylic acids is 1. The van der Waals surface area contributed by atoms with Crippen molar-refractivity contribution in [2.24, 2.45) is 0 Å². The van der Waals surface area contributed by atoms with Gasteiger partial charge in [-0.25, -0.2) is 9.97 Å². The lowest BCUT2D eigenvalue weighted by molar-refractivity contribution is -0.125. The van der Waals surface area contributed by atoms with Crippen LogP contribution in [0.1, 0.15) is 104 Å². The average Bonchev–Trinajstić information content (AvgIpc) is 3.23. The molecule has 2 bridgehead atoms. The van der Waals surface area contributed by atoms with Crippen LogP contribution in [-0.2, 0) is 9.53 Å². The molecule has 0 saturated carbocycles. The second-order valence-electron chi connectivity index (χ2n) is 12.1. The summed E-state index contributed by atoms with van der Waals surface area (Å²) >= 11 is 0. The first-order chi connectivity index (χ1) is 19.1. The Kier molecular flexibility index (Phi) is 12.3. The number of aromatic nitrogens is 2. The van der Waals surface area contributed by atoms with E-state index in [0.717, 1.165) is 38.4 Å². The number of ether oxygens (including phenoxy) is 1. The molecule has 0 radical (unpaired) electrons. The van der Waals surface area contributed by atoms with E-state index in [9.17, 15) is 4.79 Å². The zero-order chi connectivity index (χ0) is 27.5. The van der Waals surface area contributed by atoms with Crippen molar-refractivity contribution in [3.63, 3.8) is 0 Å². The highest BCUT2D eigenvalue weighted by Gasteiger charge is 2.42. The molecule has 3 saturated heterocycles. The van der Waals surface area contributed by atoms with Gasteiger partial charge in [-0.15, -0.1) is 0 Å². The predicted molar refractivity (Wildman–Crippen MR) is 160 cm³/mol. The number of anilines is 1. The third-order valence-corrected chi connectivity index (χ3v) is 9.23. The Labute approximate surface area is 238 Å². The molecule has 222 valence electrons. The lowest BCUT2D eigenvalue weighted by Crippen LogP contribution is -2.56. The Morgan fingerprint density at radius 3 is 2.36 bits per heavy atom. The summed E-state index contributed by atoms with van der Waals surface area (Å²) in [5.41, 5.74) is 1.33. The summed E-state index contributed by atoms with van der Waals surface area (Å²) in [6.45, 7) is 14.2. The van der Waals surface area contributed by atoms with E-state index in [2.05, 4.69) is 46.3 Å². The molecule has 0 aliphatic carbocycles. The number of nitrogens with one attached hydrogen (secondary N) is 1. The minimum Gasteiger partial charge on any atom is -0.372 e. The third kappa shape index (κ3) is 8.86. The summed E-state index contributed by atoms with van der Waals surface area (Å²) in [5, 5.41) is 2.95. The van der Waals surface area contributed by atoms with Gasteiger partial charge in [-0.2, -0.15) is 0 Å². The van der Waals surface area contributed by atoms with Crippen molar-refractivity contribution in [1.29, 1.82) is 0 Å². The quantitative estimate of drug-likeness (QED) is 0.298. The van der Waals surface area contributed by atoms with Gasteiger partial charge in [-0.1, -0.05) is 33.1 Å². The second kappa shape index (κ2) is 15.9. The standard InChI is InChI=1S/C31H54N6O2.H2/c1-4-19-39-24-30(38)32-15-9-7-6-8-10-16-35-17-13-26(14-18-35)27-20-33-31(34-21-27)37-28-11-12-29(37)23-36(22-28)25(3)5-2;/h20-21,25-26,28-29H,4-19,22-24H2,1-3H3,(H,32,38);1H. The van der Waals surface area contributed by atoms with Gasteiger partial charge in [-0.3, -0.25) is 9.69 Å². The number of piperidine rings is 1. The van der Waals surface area contributed by atoms with E-state index in [1.807, 2.05) is 6.92 Å². The number of likely N-dealkylation sites (tertiary alicyclic amines) is 2. The molecule has 4 rings (SSSR count). The molecule has 1 amide bonds. The molecule has 8 nitrogen and oxygen atoms in total. The van der Waals surface area contributed by atoms with E-state index in [0.29, 0.717) is 30.7 Å². The SMILES string of the molecule is CCCOCC(=O)NCCCCCCCN1CCC(c2cnc(N3C4CCC3CN(C(C)CC)C4)nc2)CC1.[HH]. The lowest BCUT2D eigenvalue weighted by atomic mass is 9.91. The minimum absolute atomic E-state index is 0. The van der Waals surface area contributed by atoms with E-state index in [1.165, 1.54) is 83.0 Å². The molecule has 3 unspecified atom stereocenters. The Morgan fingerprint density at radius 2 is 1.69 bits per heavy atom. The summed E-state index contributed by atoms with van der Waals surface area (Å²) < 4.78 is 5.27. The second-order valence-corrected chi connectivity index (χ2v) is 12.1. The maximum atomic E-state index is 11.6. The van der Waals surface area contributed by atoms with Crippen LogP contribution in [0.4, 0.5) is 5.95 Å². The third-order valence-electron chi connectivity index (χ3n) is 9.23. The normalized spacial score (nSPS) is 23.3. The first-order valence-corrected chi connectivity index (χ1v) is 16.0. The highest BCUT2D eigenvalue weighted by molar-refractivity contribution is 5.77. The predicted octanol–water partition coefficient (Wildman–Crippen LogP) is 4.85. The largest absolute Gasteiger partial charge is 0.372 e. The van der Waals surface area contributed by atoms with E-state index in [-0.39, 0.29) is 13.9 Å². The number of rotatable bonds is 16. The highest BCUT2D eigenvalue weighted by atomic mass is 16.5. The molecule has 4 heterocycles. The Morgan fingerprint density at radius 1 is 1.03 bits per heavy atom. The molecular weight excluding hydrogens is 488 g/mol. The van der Waals surface area contributed by atoms with Crippen LogP contribution >= 0.6 is 0 Å². The topological polar surface area (TPSA) is 73.8 Å². The first kappa shape index (κ1) is 30.2. The van der Waals surface area contributed by atoms with E-state index in [4.69, 9.17) is 14.7 Å². The van der Waals surface area contributed by atoms with E-state index in [1.54, 1.807) is 0 Å². The summed E-state index contributed by atoms with van der Waals surface area (Å²) in [5.74, 6) is 1.56. The maximum absolute atomic E-state index is 11.6. The molecule has 0 spiro atoms. The average molecular weight is 545 g/mol. The van der Waals surface area contributed by atoms with Gasteiger partial charge in [0.15, 0.2) is 0 Å². The van der Waals surface area contributed by atoms with Crippen molar-refractivity contribution in [3.05, 3.63) is 18.0 Å². The molecule has 1 aromatic heterocycles. The smallest absolute Gasteiger partial charge is 0.245 e. The van der Waals surface area contributed by atoms with Gasteiger partial charge in [0.05, 0.1) is 0 Å². The van der Waals surface area contributed by atoms with Gasteiger partial charge in [-0.05, 0) is 89.4 Å². The molecular formula is C31H56N6O2. The van der Waals surface area contributed by atoms with Crippen LogP contribution in [0.3, 0.4) is 0 Å². The molecule has 0 aromatic carbocycles. The fraction of sp³-hybridized carbons (Fsp3) is 0.839. The molecule has 3 fully saturated rings. The highest BCUT2D eigenvalue weighted by Crippen LogP contribution is 2.35. The summed E-state index contributed by atoms with van der Waals surface area (Å²) in [6.07, 6.45) is 17.4. The fourth-order valence-corrected chi connectivity index (χ4v) is 6.62. The van der Waals surface area contributed by atoms with Crippen LogP contribution in [0, 0.1) is 0 Å². The first-order valence-electron chi connectivity index (χ1n) is 16.0. The van der Waals surface area contributed by atoms with Crippen LogP contribution in [0.15, 0.2) is 12.4 Å². The van der Waals surface area contributed by atoms with Crippen molar-refractivity contribution < 1.29 is 11.0 Å². The zero-order valence-electron chi connectivity index (χ0n) is 25.0. The van der Waals surface area contributed by atoms with Crippen molar-refractivity contribution >= 4 is 11.9 Å². The number of amides is 1. The molecule has 3 aliphatic heterocycles. The number of hydrogen-bond acceptors (Lipinski definition) is 7. The number of nitrogens with zero attached hydrogens (tertiary/aromatic N) is 5. The summed E-state index contributed by atoms with van der Waals surface area (Å²) in [4.78, 5) is 29.3. The van der Waals surface area contributed by atoms with Gasteiger partial charge >= 0.3 is 0 Å². The number of piperazine rings is 1. The number of hydrogen-bond donors (Lipinski definition) is 1. The summed E-state index contributed by atoms with van der Waals surface area (Å²) in [7, 11) is 0. The van der Waals surface area contributed by atoms with Crippen molar-refractivity contribution in [3.8, 4) is 0 Å². The fourth-order valence-electron chi connectivity index (χ4n) is 6.62. The van der Waals surface area contributed by atoms with E-state index < -0.39 is 0 Å². The van der Waals surface area contributed by atoms with E-state index >= 15 is 0 Å². The molecule has 1 aromatic rings. The lowest BCUT2D eigenvalue weighted by Gasteiger charge is -2.43. The number of unbranched alkanes of at least 4 members (excludes halogenated alkanes) is 4. The van der Waals surface area contributed by atoms with Crippen LogP contribution in [-0.4, -0.2) is 96.3 Å². The van der Waals surface area contributed by atoms with Gasteiger partial charge in [0.2, 0.25) is 11.9 Å². The van der Waals surface area contributed by atoms with Crippen molar-refractivity contribution in [2.75, 3.05) is 57.4 Å². The summed E-state index contributed by atoms with van der Waals surface area (Å²) in [6, 6.07) is 1.82. The molecule has 39 heavy (non-hydrogen) atoms. The van der Waals surface area contributed by atoms with Crippen molar-refractivity contribution in [1.82, 2.24) is 25.1 Å².